The third kappa shape index (κ3) is 5.66. The Morgan fingerprint density at radius 2 is 1.74 bits per heavy atom. The van der Waals surface area contributed by atoms with Gasteiger partial charge in [-0.05, 0) is 59.7 Å². The van der Waals surface area contributed by atoms with E-state index in [4.69, 9.17) is 9.47 Å². The highest BCUT2D eigenvalue weighted by Crippen LogP contribution is 2.13. The van der Waals surface area contributed by atoms with E-state index in [1.54, 1.807) is 43.5 Å². The van der Waals surface area contributed by atoms with Crippen LogP contribution in [-0.4, -0.2) is 22.8 Å². The van der Waals surface area contributed by atoms with Gasteiger partial charge in [-0.25, -0.2) is 4.39 Å². The molecule has 0 aliphatic carbocycles. The molecule has 0 unspecified atom stereocenters. The topological polar surface area (TPSA) is 82.4 Å². The van der Waals surface area contributed by atoms with Crippen molar-refractivity contribution >= 4 is 5.91 Å². The van der Waals surface area contributed by atoms with Crippen molar-refractivity contribution in [2.45, 2.75) is 13.2 Å². The predicted octanol–water partition coefficient (Wildman–Crippen LogP) is 3.89. The number of nitrogens with one attached hydrogen (secondary N) is 1. The zero-order chi connectivity index (χ0) is 23.9. The summed E-state index contributed by atoms with van der Waals surface area (Å²) in [5.41, 5.74) is 2.16. The maximum absolute atomic E-state index is 13.3. The molecule has 0 fully saturated rings. The summed E-state index contributed by atoms with van der Waals surface area (Å²) < 4.78 is 25.2. The first-order valence-corrected chi connectivity index (χ1v) is 10.5. The average molecular weight is 459 g/mol. The first kappa shape index (κ1) is 22.7. The number of hydrogen-bond donors (Lipinski definition) is 1. The molecule has 0 bridgehead atoms. The lowest BCUT2D eigenvalue weighted by molar-refractivity contribution is 0.0951. The highest BCUT2D eigenvalue weighted by Gasteiger charge is 2.09. The van der Waals surface area contributed by atoms with Crippen molar-refractivity contribution in [3.63, 3.8) is 0 Å². The standard InChI is InChI=1S/C26H22FN3O4/c1-33-23-11-5-18(6-12-23)16-28-26(32)20-7-9-22(10-8-20)30-25(31)14-13-24(29-30)34-17-19-3-2-4-21(27)15-19/h2-15H,16-17H2,1H3,(H,28,32). The van der Waals surface area contributed by atoms with Crippen molar-refractivity contribution in [3.8, 4) is 17.3 Å². The highest BCUT2D eigenvalue weighted by atomic mass is 19.1. The van der Waals surface area contributed by atoms with Gasteiger partial charge in [-0.2, -0.15) is 4.68 Å². The molecule has 172 valence electrons. The second-order valence-corrected chi connectivity index (χ2v) is 7.42. The Morgan fingerprint density at radius 1 is 0.971 bits per heavy atom. The van der Waals surface area contributed by atoms with E-state index < -0.39 is 0 Å². The van der Waals surface area contributed by atoms with Gasteiger partial charge in [0.05, 0.1) is 12.8 Å². The Balaban J connectivity index is 1.41. The van der Waals surface area contributed by atoms with E-state index in [9.17, 15) is 14.0 Å². The van der Waals surface area contributed by atoms with Gasteiger partial charge in [-0.3, -0.25) is 9.59 Å². The second kappa shape index (κ2) is 10.4. The molecular formula is C26H22FN3O4. The van der Waals surface area contributed by atoms with Crippen LogP contribution < -0.4 is 20.3 Å². The van der Waals surface area contributed by atoms with E-state index >= 15 is 0 Å². The van der Waals surface area contributed by atoms with Crippen LogP contribution in [0.3, 0.4) is 0 Å². The van der Waals surface area contributed by atoms with E-state index in [-0.39, 0.29) is 29.8 Å². The van der Waals surface area contributed by atoms with E-state index in [1.165, 1.54) is 28.9 Å². The molecule has 34 heavy (non-hydrogen) atoms. The zero-order valence-corrected chi connectivity index (χ0v) is 18.4. The van der Waals surface area contributed by atoms with Gasteiger partial charge in [0, 0.05) is 24.2 Å². The minimum Gasteiger partial charge on any atom is -0.497 e. The molecule has 1 amide bonds. The lowest BCUT2D eigenvalue weighted by atomic mass is 10.1. The Morgan fingerprint density at radius 3 is 2.44 bits per heavy atom. The lowest BCUT2D eigenvalue weighted by Crippen LogP contribution is -2.23. The number of nitrogens with zero attached hydrogens (tertiary/aromatic N) is 2. The molecule has 7 nitrogen and oxygen atoms in total. The smallest absolute Gasteiger partial charge is 0.271 e. The minimum atomic E-state index is -0.354. The fraction of sp³-hybridized carbons (Fsp3) is 0.115. The van der Waals surface area contributed by atoms with Gasteiger partial charge in [0.1, 0.15) is 18.2 Å². The van der Waals surface area contributed by atoms with Crippen LogP contribution in [0.15, 0.2) is 89.7 Å². The third-order valence-electron chi connectivity index (χ3n) is 5.04. The molecule has 0 atom stereocenters. The van der Waals surface area contributed by atoms with Gasteiger partial charge in [-0.1, -0.05) is 24.3 Å². The first-order chi connectivity index (χ1) is 16.5. The number of amides is 1. The van der Waals surface area contributed by atoms with Crippen LogP contribution in [0.5, 0.6) is 11.6 Å². The molecule has 1 N–H and O–H groups in total. The molecule has 0 radical (unpaired) electrons. The number of benzene rings is 3. The molecular weight excluding hydrogens is 437 g/mol. The van der Waals surface area contributed by atoms with Gasteiger partial charge in [0.15, 0.2) is 0 Å². The van der Waals surface area contributed by atoms with Crippen molar-refractivity contribution in [3.05, 3.63) is 118 Å². The Bertz CT molecular complexity index is 1340. The van der Waals surface area contributed by atoms with Crippen molar-refractivity contribution in [1.82, 2.24) is 15.1 Å². The van der Waals surface area contributed by atoms with Crippen molar-refractivity contribution < 1.29 is 18.7 Å². The van der Waals surface area contributed by atoms with Gasteiger partial charge < -0.3 is 14.8 Å². The van der Waals surface area contributed by atoms with E-state index in [0.29, 0.717) is 23.4 Å². The largest absolute Gasteiger partial charge is 0.497 e. The van der Waals surface area contributed by atoms with E-state index in [0.717, 1.165) is 11.3 Å². The number of carbonyl (C=O) groups excluding carboxylic acids is 1. The Kier molecular flexibility index (Phi) is 6.98. The summed E-state index contributed by atoms with van der Waals surface area (Å²) in [6.45, 7) is 0.479. The summed E-state index contributed by atoms with van der Waals surface area (Å²) in [6.07, 6.45) is 0. The zero-order valence-electron chi connectivity index (χ0n) is 18.4. The monoisotopic (exact) mass is 459 g/mol. The van der Waals surface area contributed by atoms with Gasteiger partial charge >= 0.3 is 0 Å². The molecule has 8 heteroatoms. The quantitative estimate of drug-likeness (QED) is 0.432. The SMILES string of the molecule is COc1ccc(CNC(=O)c2ccc(-n3nc(OCc4cccc(F)c4)ccc3=O)cc2)cc1. The summed E-state index contributed by atoms with van der Waals surface area (Å²) in [6, 6.07) is 22.8. The summed E-state index contributed by atoms with van der Waals surface area (Å²) in [7, 11) is 1.60. The molecule has 0 saturated heterocycles. The fourth-order valence-electron chi connectivity index (χ4n) is 3.22. The lowest BCUT2D eigenvalue weighted by Gasteiger charge is -2.10. The second-order valence-electron chi connectivity index (χ2n) is 7.42. The molecule has 1 heterocycles. The van der Waals surface area contributed by atoms with Crippen LogP contribution in [0, 0.1) is 5.82 Å². The van der Waals surface area contributed by atoms with E-state index in [2.05, 4.69) is 10.4 Å². The van der Waals surface area contributed by atoms with Gasteiger partial charge in [0.2, 0.25) is 5.88 Å². The van der Waals surface area contributed by atoms with Crippen LogP contribution >= 0.6 is 0 Å². The van der Waals surface area contributed by atoms with Crippen molar-refractivity contribution in [1.29, 1.82) is 0 Å². The van der Waals surface area contributed by atoms with E-state index in [1.807, 2.05) is 24.3 Å². The molecule has 3 aromatic carbocycles. The maximum atomic E-state index is 13.3. The third-order valence-corrected chi connectivity index (χ3v) is 5.04. The predicted molar refractivity (Wildman–Crippen MR) is 125 cm³/mol. The van der Waals surface area contributed by atoms with Crippen LogP contribution in [-0.2, 0) is 13.2 Å². The summed E-state index contributed by atoms with van der Waals surface area (Å²) in [4.78, 5) is 24.8. The molecule has 0 spiro atoms. The van der Waals surface area contributed by atoms with Crippen LogP contribution in [0.2, 0.25) is 0 Å². The number of carbonyl (C=O) groups is 1. The van der Waals surface area contributed by atoms with Crippen LogP contribution in [0.4, 0.5) is 4.39 Å². The van der Waals surface area contributed by atoms with Crippen LogP contribution in [0.1, 0.15) is 21.5 Å². The summed E-state index contributed by atoms with van der Waals surface area (Å²) >= 11 is 0. The molecule has 1 aromatic heterocycles. The van der Waals surface area contributed by atoms with Crippen molar-refractivity contribution in [2.75, 3.05) is 7.11 Å². The number of aromatic nitrogens is 2. The van der Waals surface area contributed by atoms with Gasteiger partial charge in [0.25, 0.3) is 11.5 Å². The molecule has 4 aromatic rings. The number of ether oxygens (including phenoxy) is 2. The number of halogens is 1. The number of methoxy groups -OCH3 is 1. The first-order valence-electron chi connectivity index (χ1n) is 10.5. The number of rotatable bonds is 8. The van der Waals surface area contributed by atoms with Gasteiger partial charge in [-0.15, -0.1) is 5.10 Å². The molecule has 0 saturated carbocycles. The van der Waals surface area contributed by atoms with Crippen LogP contribution in [0.25, 0.3) is 5.69 Å². The Labute approximate surface area is 195 Å². The number of hydrogen-bond acceptors (Lipinski definition) is 5. The summed E-state index contributed by atoms with van der Waals surface area (Å²) in [5.74, 6) is 0.366. The molecule has 0 aliphatic rings. The molecule has 4 rings (SSSR count). The molecule has 0 aliphatic heterocycles. The average Bonchev–Trinajstić information content (AvgIpc) is 2.87. The summed E-state index contributed by atoms with van der Waals surface area (Å²) in [5, 5.41) is 7.08. The highest BCUT2D eigenvalue weighted by molar-refractivity contribution is 5.94. The minimum absolute atomic E-state index is 0.107. The maximum Gasteiger partial charge on any atom is 0.271 e. The van der Waals surface area contributed by atoms with Crippen molar-refractivity contribution in [2.24, 2.45) is 0 Å². The Hall–Kier alpha value is -4.46. The normalized spacial score (nSPS) is 10.5. The fourth-order valence-corrected chi connectivity index (χ4v) is 3.22.